The van der Waals surface area contributed by atoms with Gasteiger partial charge in [0.15, 0.2) is 0 Å². The molecule has 1 saturated heterocycles. The second kappa shape index (κ2) is 3.37. The Labute approximate surface area is 75.9 Å². The lowest BCUT2D eigenvalue weighted by Crippen LogP contribution is -2.46. The van der Waals surface area contributed by atoms with E-state index in [0.29, 0.717) is 5.41 Å². The van der Waals surface area contributed by atoms with E-state index in [-0.39, 0.29) is 0 Å². The van der Waals surface area contributed by atoms with Gasteiger partial charge in [0.25, 0.3) is 0 Å². The molecule has 1 saturated carbocycles. The first-order valence-corrected chi connectivity index (χ1v) is 5.54. The number of hydrogen-bond donors (Lipinski definition) is 1. The maximum absolute atomic E-state index is 3.58. The molecule has 0 aromatic carbocycles. The first-order valence-electron chi connectivity index (χ1n) is 5.54. The summed E-state index contributed by atoms with van der Waals surface area (Å²) in [5, 5.41) is 3.58. The van der Waals surface area contributed by atoms with Crippen molar-refractivity contribution in [1.29, 1.82) is 0 Å². The van der Waals surface area contributed by atoms with Crippen LogP contribution < -0.4 is 5.32 Å². The molecule has 0 radical (unpaired) electrons. The molecule has 0 aromatic rings. The smallest absolute Gasteiger partial charge is 0.00104 e. The fraction of sp³-hybridized carbons (Fsp3) is 1.00. The van der Waals surface area contributed by atoms with Crippen LogP contribution in [-0.4, -0.2) is 13.1 Å². The lowest BCUT2D eigenvalue weighted by molar-refractivity contribution is 0.0747. The standard InChI is InChI=1S/C11H21N/c1-10-5-8-12-9-11(10)6-3-2-4-7-11/h10,12H,2-9H2,1H3/t10-/m0/s1. The van der Waals surface area contributed by atoms with Gasteiger partial charge in [0.1, 0.15) is 0 Å². The largest absolute Gasteiger partial charge is 0.316 e. The van der Waals surface area contributed by atoms with E-state index in [4.69, 9.17) is 0 Å². The zero-order valence-corrected chi connectivity index (χ0v) is 8.23. The highest BCUT2D eigenvalue weighted by molar-refractivity contribution is 4.91. The van der Waals surface area contributed by atoms with Crippen LogP contribution in [-0.2, 0) is 0 Å². The Balaban J connectivity index is 2.04. The lowest BCUT2D eigenvalue weighted by Gasteiger charge is -2.45. The third-order valence-electron chi connectivity index (χ3n) is 4.13. The molecule has 2 rings (SSSR count). The third kappa shape index (κ3) is 1.39. The minimum atomic E-state index is 0.705. The van der Waals surface area contributed by atoms with Crippen LogP contribution in [0.1, 0.15) is 45.4 Å². The van der Waals surface area contributed by atoms with Crippen molar-refractivity contribution in [2.75, 3.05) is 13.1 Å². The molecule has 2 aliphatic rings. The quantitative estimate of drug-likeness (QED) is 0.584. The third-order valence-corrected chi connectivity index (χ3v) is 4.13. The summed E-state index contributed by atoms with van der Waals surface area (Å²) in [6, 6.07) is 0. The number of nitrogens with one attached hydrogen (secondary N) is 1. The van der Waals surface area contributed by atoms with E-state index in [1.807, 2.05) is 0 Å². The van der Waals surface area contributed by atoms with Crippen LogP contribution in [0.2, 0.25) is 0 Å². The topological polar surface area (TPSA) is 12.0 Å². The summed E-state index contributed by atoms with van der Waals surface area (Å²) in [6.45, 7) is 5.02. The molecule has 0 aromatic heterocycles. The molecule has 0 unspecified atom stereocenters. The molecule has 2 fully saturated rings. The van der Waals surface area contributed by atoms with Gasteiger partial charge in [-0.1, -0.05) is 26.2 Å². The van der Waals surface area contributed by atoms with Gasteiger partial charge in [-0.05, 0) is 37.1 Å². The van der Waals surface area contributed by atoms with Crippen molar-refractivity contribution in [1.82, 2.24) is 5.32 Å². The van der Waals surface area contributed by atoms with E-state index in [1.165, 1.54) is 51.6 Å². The Kier molecular flexibility index (Phi) is 2.40. The maximum Gasteiger partial charge on any atom is 0.00104 e. The second-order valence-corrected chi connectivity index (χ2v) is 4.79. The fourth-order valence-corrected chi connectivity index (χ4v) is 3.06. The van der Waals surface area contributed by atoms with Gasteiger partial charge in [-0.25, -0.2) is 0 Å². The summed E-state index contributed by atoms with van der Waals surface area (Å²) in [5.74, 6) is 0.971. The normalized spacial score (nSPS) is 35.2. The Hall–Kier alpha value is -0.0400. The molecule has 0 amide bonds. The molecular weight excluding hydrogens is 146 g/mol. The highest BCUT2D eigenvalue weighted by Gasteiger charge is 2.38. The molecule has 1 heteroatoms. The molecule has 1 aliphatic heterocycles. The molecule has 0 bridgehead atoms. The van der Waals surface area contributed by atoms with E-state index < -0.39 is 0 Å². The Bertz CT molecular complexity index is 139. The van der Waals surface area contributed by atoms with E-state index >= 15 is 0 Å². The summed E-state index contributed by atoms with van der Waals surface area (Å²) in [4.78, 5) is 0. The van der Waals surface area contributed by atoms with Gasteiger partial charge in [0.05, 0.1) is 0 Å². The second-order valence-electron chi connectivity index (χ2n) is 4.79. The first-order chi connectivity index (χ1) is 5.83. The average molecular weight is 167 g/mol. The predicted octanol–water partition coefficient (Wildman–Crippen LogP) is 2.57. The van der Waals surface area contributed by atoms with Gasteiger partial charge in [0, 0.05) is 6.54 Å². The average Bonchev–Trinajstić information content (AvgIpc) is 2.12. The van der Waals surface area contributed by atoms with Crippen molar-refractivity contribution >= 4 is 0 Å². The molecule has 70 valence electrons. The Morgan fingerprint density at radius 1 is 1.17 bits per heavy atom. The molecule has 1 N–H and O–H groups in total. The zero-order chi connectivity index (χ0) is 8.44. The van der Waals surface area contributed by atoms with Crippen LogP contribution in [0.25, 0.3) is 0 Å². The van der Waals surface area contributed by atoms with Gasteiger partial charge >= 0.3 is 0 Å². The molecule has 1 spiro atoms. The lowest BCUT2D eigenvalue weighted by atomic mass is 9.64. The van der Waals surface area contributed by atoms with Gasteiger partial charge in [-0.3, -0.25) is 0 Å². The van der Waals surface area contributed by atoms with E-state index in [1.54, 1.807) is 0 Å². The number of hydrogen-bond acceptors (Lipinski definition) is 1. The van der Waals surface area contributed by atoms with Crippen molar-refractivity contribution in [2.45, 2.75) is 45.4 Å². The van der Waals surface area contributed by atoms with Crippen LogP contribution in [0.15, 0.2) is 0 Å². The van der Waals surface area contributed by atoms with Crippen LogP contribution in [0, 0.1) is 11.3 Å². The number of piperidine rings is 1. The molecular formula is C11H21N. The van der Waals surface area contributed by atoms with Gasteiger partial charge in [0.2, 0.25) is 0 Å². The van der Waals surface area contributed by atoms with Crippen LogP contribution in [0.5, 0.6) is 0 Å². The predicted molar refractivity (Wildman–Crippen MR) is 52.2 cm³/mol. The van der Waals surface area contributed by atoms with E-state index in [9.17, 15) is 0 Å². The van der Waals surface area contributed by atoms with Gasteiger partial charge in [-0.15, -0.1) is 0 Å². The summed E-state index contributed by atoms with van der Waals surface area (Å²) < 4.78 is 0. The zero-order valence-electron chi connectivity index (χ0n) is 8.23. The monoisotopic (exact) mass is 167 g/mol. The van der Waals surface area contributed by atoms with Crippen LogP contribution in [0.4, 0.5) is 0 Å². The van der Waals surface area contributed by atoms with E-state index in [2.05, 4.69) is 12.2 Å². The van der Waals surface area contributed by atoms with Crippen LogP contribution >= 0.6 is 0 Å². The molecule has 1 nitrogen and oxygen atoms in total. The van der Waals surface area contributed by atoms with Crippen molar-refractivity contribution in [3.05, 3.63) is 0 Å². The van der Waals surface area contributed by atoms with Gasteiger partial charge < -0.3 is 5.32 Å². The van der Waals surface area contributed by atoms with Crippen molar-refractivity contribution in [3.63, 3.8) is 0 Å². The Morgan fingerprint density at radius 3 is 2.58 bits per heavy atom. The maximum atomic E-state index is 3.58. The highest BCUT2D eigenvalue weighted by Crippen LogP contribution is 2.44. The summed E-state index contributed by atoms with van der Waals surface area (Å²) >= 11 is 0. The minimum Gasteiger partial charge on any atom is -0.316 e. The number of rotatable bonds is 0. The van der Waals surface area contributed by atoms with Crippen molar-refractivity contribution < 1.29 is 0 Å². The van der Waals surface area contributed by atoms with Crippen LogP contribution in [0.3, 0.4) is 0 Å². The fourth-order valence-electron chi connectivity index (χ4n) is 3.06. The van der Waals surface area contributed by atoms with Gasteiger partial charge in [-0.2, -0.15) is 0 Å². The summed E-state index contributed by atoms with van der Waals surface area (Å²) in [5.41, 5.74) is 0.705. The Morgan fingerprint density at radius 2 is 1.92 bits per heavy atom. The summed E-state index contributed by atoms with van der Waals surface area (Å²) in [6.07, 6.45) is 8.81. The molecule has 12 heavy (non-hydrogen) atoms. The first kappa shape index (κ1) is 8.55. The molecule has 1 atom stereocenters. The highest BCUT2D eigenvalue weighted by atomic mass is 14.9. The van der Waals surface area contributed by atoms with Crippen molar-refractivity contribution in [2.24, 2.45) is 11.3 Å². The molecule has 1 aliphatic carbocycles. The SMILES string of the molecule is C[C@H]1CCNCC12CCCCC2. The van der Waals surface area contributed by atoms with Crippen molar-refractivity contribution in [3.8, 4) is 0 Å². The summed E-state index contributed by atoms with van der Waals surface area (Å²) in [7, 11) is 0. The minimum absolute atomic E-state index is 0.705. The molecule has 1 heterocycles. The van der Waals surface area contributed by atoms with E-state index in [0.717, 1.165) is 5.92 Å².